The van der Waals surface area contributed by atoms with Crippen molar-refractivity contribution in [2.24, 2.45) is 0 Å². The van der Waals surface area contributed by atoms with E-state index < -0.39 is 0 Å². The Morgan fingerprint density at radius 3 is 2.78 bits per heavy atom. The molecule has 0 aliphatic heterocycles. The van der Waals surface area contributed by atoms with E-state index in [-0.39, 0.29) is 5.91 Å². The number of aromatic nitrogens is 2. The Balaban J connectivity index is 1.75. The molecule has 0 unspecified atom stereocenters. The van der Waals surface area contributed by atoms with Gasteiger partial charge in [-0.3, -0.25) is 9.78 Å². The molecule has 1 aliphatic rings. The number of hydrogen-bond donors (Lipinski definition) is 1. The van der Waals surface area contributed by atoms with E-state index in [9.17, 15) is 4.79 Å². The Labute approximate surface area is 134 Å². The van der Waals surface area contributed by atoms with Gasteiger partial charge in [-0.2, -0.15) is 0 Å². The van der Waals surface area contributed by atoms with Crippen molar-refractivity contribution in [1.29, 1.82) is 0 Å². The minimum absolute atomic E-state index is 0.136. The number of amides is 1. The monoisotopic (exact) mass is 303 g/mol. The molecule has 114 valence electrons. The van der Waals surface area contributed by atoms with Crippen molar-refractivity contribution >= 4 is 22.6 Å². The number of hydrogen-bond acceptors (Lipinski definition) is 3. The summed E-state index contributed by atoms with van der Waals surface area (Å²) in [6, 6.07) is 13.5. The molecule has 4 nitrogen and oxygen atoms in total. The van der Waals surface area contributed by atoms with E-state index in [4.69, 9.17) is 4.98 Å². The number of carbonyl (C=O) groups is 1. The summed E-state index contributed by atoms with van der Waals surface area (Å²) in [4.78, 5) is 21.7. The normalized spacial score (nSPS) is 14.0. The largest absolute Gasteiger partial charge is 0.307 e. The predicted molar refractivity (Wildman–Crippen MR) is 90.6 cm³/mol. The van der Waals surface area contributed by atoms with Crippen molar-refractivity contribution < 1.29 is 4.79 Å². The molecule has 1 N–H and O–H groups in total. The number of rotatable bonds is 3. The third kappa shape index (κ3) is 2.80. The first-order valence-corrected chi connectivity index (χ1v) is 7.84. The lowest BCUT2D eigenvalue weighted by Gasteiger charge is -2.10. The van der Waals surface area contributed by atoms with E-state index in [2.05, 4.69) is 10.3 Å². The Morgan fingerprint density at radius 1 is 1.17 bits per heavy atom. The second-order valence-electron chi connectivity index (χ2n) is 6.06. The van der Waals surface area contributed by atoms with Crippen LogP contribution < -0.4 is 5.32 Å². The highest BCUT2D eigenvalue weighted by atomic mass is 16.1. The molecule has 0 bridgehead atoms. The number of anilines is 1. The number of benzene rings is 1. The Bertz CT molecular complexity index is 900. The summed E-state index contributed by atoms with van der Waals surface area (Å²) in [7, 11) is 0. The summed E-state index contributed by atoms with van der Waals surface area (Å²) in [6.07, 6.45) is 4.02. The van der Waals surface area contributed by atoms with Gasteiger partial charge in [0.05, 0.1) is 11.1 Å². The fourth-order valence-electron chi connectivity index (χ4n) is 2.76. The van der Waals surface area contributed by atoms with Crippen LogP contribution in [-0.4, -0.2) is 15.9 Å². The van der Waals surface area contributed by atoms with Crippen molar-refractivity contribution in [2.45, 2.75) is 25.7 Å². The van der Waals surface area contributed by atoms with Gasteiger partial charge in [-0.05, 0) is 49.6 Å². The van der Waals surface area contributed by atoms with Crippen LogP contribution in [0.3, 0.4) is 0 Å². The zero-order valence-electron chi connectivity index (χ0n) is 12.9. The van der Waals surface area contributed by atoms with Crippen molar-refractivity contribution in [3.05, 3.63) is 65.5 Å². The molecule has 1 saturated carbocycles. The van der Waals surface area contributed by atoms with Gasteiger partial charge in [-0.1, -0.05) is 18.2 Å². The first-order valence-electron chi connectivity index (χ1n) is 7.84. The fourth-order valence-corrected chi connectivity index (χ4v) is 2.76. The van der Waals surface area contributed by atoms with Gasteiger partial charge in [0.2, 0.25) is 0 Å². The fraction of sp³-hybridized carbons (Fsp3) is 0.211. The molecule has 1 amide bonds. The summed E-state index contributed by atoms with van der Waals surface area (Å²) >= 11 is 0. The minimum Gasteiger partial charge on any atom is -0.307 e. The lowest BCUT2D eigenvalue weighted by Crippen LogP contribution is -2.14. The minimum atomic E-state index is -0.136. The lowest BCUT2D eigenvalue weighted by molar-refractivity contribution is 0.102. The van der Waals surface area contributed by atoms with Crippen LogP contribution in [-0.2, 0) is 0 Å². The number of nitrogens with zero attached hydrogens (tertiary/aromatic N) is 2. The number of carbonyl (C=O) groups excluding carboxylic acids is 1. The number of aryl methyl sites for hydroxylation is 1. The molecule has 2 heterocycles. The molecule has 3 aromatic rings. The standard InChI is InChI=1S/C19H17N3O/c1-12-8-9-20-18(10-12)22-19(23)15-11-17(13-6-7-13)21-16-5-3-2-4-14(15)16/h2-5,8-11,13H,6-7H2,1H3,(H,20,22,23). The summed E-state index contributed by atoms with van der Waals surface area (Å²) in [6.45, 7) is 1.98. The molecule has 0 atom stereocenters. The zero-order valence-corrected chi connectivity index (χ0v) is 12.9. The molecule has 4 rings (SSSR count). The molecule has 0 radical (unpaired) electrons. The van der Waals surface area contributed by atoms with Gasteiger partial charge in [-0.15, -0.1) is 0 Å². The Morgan fingerprint density at radius 2 is 2.00 bits per heavy atom. The van der Waals surface area contributed by atoms with Crippen LogP contribution in [0, 0.1) is 6.92 Å². The second kappa shape index (κ2) is 5.47. The summed E-state index contributed by atoms with van der Waals surface area (Å²) in [5, 5.41) is 3.78. The van der Waals surface area contributed by atoms with Gasteiger partial charge in [-0.25, -0.2) is 4.98 Å². The molecule has 2 aromatic heterocycles. The Kier molecular flexibility index (Phi) is 3.30. The first-order chi connectivity index (χ1) is 11.2. The van der Waals surface area contributed by atoms with Crippen LogP contribution in [0.5, 0.6) is 0 Å². The van der Waals surface area contributed by atoms with Crippen molar-refractivity contribution in [3.63, 3.8) is 0 Å². The van der Waals surface area contributed by atoms with E-state index in [1.54, 1.807) is 6.20 Å². The molecule has 4 heteroatoms. The van der Waals surface area contributed by atoms with Crippen LogP contribution >= 0.6 is 0 Å². The first kappa shape index (κ1) is 13.9. The maximum atomic E-state index is 12.8. The highest BCUT2D eigenvalue weighted by Crippen LogP contribution is 2.40. The van der Waals surface area contributed by atoms with Crippen LogP contribution in [0.4, 0.5) is 5.82 Å². The van der Waals surface area contributed by atoms with Gasteiger partial charge in [0.15, 0.2) is 0 Å². The van der Waals surface area contributed by atoms with E-state index in [0.717, 1.165) is 35.0 Å². The zero-order chi connectivity index (χ0) is 15.8. The van der Waals surface area contributed by atoms with Crippen LogP contribution in [0.25, 0.3) is 10.9 Å². The van der Waals surface area contributed by atoms with Crippen LogP contribution in [0.1, 0.15) is 40.4 Å². The summed E-state index contributed by atoms with van der Waals surface area (Å²) in [5.74, 6) is 0.940. The van der Waals surface area contributed by atoms with Crippen molar-refractivity contribution in [1.82, 2.24) is 9.97 Å². The van der Waals surface area contributed by atoms with E-state index in [1.165, 1.54) is 0 Å². The second-order valence-corrected chi connectivity index (χ2v) is 6.06. The van der Waals surface area contributed by atoms with Gasteiger partial charge in [0.1, 0.15) is 5.82 Å². The van der Waals surface area contributed by atoms with Gasteiger partial charge in [0, 0.05) is 23.2 Å². The summed E-state index contributed by atoms with van der Waals surface area (Å²) < 4.78 is 0. The molecular formula is C19H17N3O. The highest BCUT2D eigenvalue weighted by Gasteiger charge is 2.27. The smallest absolute Gasteiger partial charge is 0.257 e. The number of pyridine rings is 2. The SMILES string of the molecule is Cc1ccnc(NC(=O)c2cc(C3CC3)nc3ccccc23)c1. The maximum absolute atomic E-state index is 12.8. The number of fused-ring (bicyclic) bond motifs is 1. The number of nitrogens with one attached hydrogen (secondary N) is 1. The topological polar surface area (TPSA) is 54.9 Å². The summed E-state index contributed by atoms with van der Waals surface area (Å²) in [5.41, 5.74) is 3.62. The van der Waals surface area contributed by atoms with Crippen molar-refractivity contribution in [3.8, 4) is 0 Å². The predicted octanol–water partition coefficient (Wildman–Crippen LogP) is 4.07. The Hall–Kier alpha value is -2.75. The molecule has 23 heavy (non-hydrogen) atoms. The van der Waals surface area contributed by atoms with Gasteiger partial charge in [0.25, 0.3) is 5.91 Å². The van der Waals surface area contributed by atoms with E-state index in [1.807, 2.05) is 49.4 Å². The maximum Gasteiger partial charge on any atom is 0.257 e. The molecular weight excluding hydrogens is 286 g/mol. The van der Waals surface area contributed by atoms with Gasteiger partial charge < -0.3 is 5.32 Å². The molecule has 1 aromatic carbocycles. The van der Waals surface area contributed by atoms with Crippen LogP contribution in [0.15, 0.2) is 48.7 Å². The van der Waals surface area contributed by atoms with Crippen molar-refractivity contribution in [2.75, 3.05) is 5.32 Å². The van der Waals surface area contributed by atoms with Gasteiger partial charge >= 0.3 is 0 Å². The average molecular weight is 303 g/mol. The van der Waals surface area contributed by atoms with E-state index >= 15 is 0 Å². The highest BCUT2D eigenvalue weighted by molar-refractivity contribution is 6.12. The lowest BCUT2D eigenvalue weighted by atomic mass is 10.1. The molecule has 0 saturated heterocycles. The third-order valence-electron chi connectivity index (χ3n) is 4.13. The molecule has 0 spiro atoms. The average Bonchev–Trinajstić information content (AvgIpc) is 3.38. The third-order valence-corrected chi connectivity index (χ3v) is 4.13. The number of para-hydroxylation sites is 1. The van der Waals surface area contributed by atoms with Crippen LogP contribution in [0.2, 0.25) is 0 Å². The molecule has 1 aliphatic carbocycles. The van der Waals surface area contributed by atoms with E-state index in [0.29, 0.717) is 17.3 Å². The quantitative estimate of drug-likeness (QED) is 0.793. The molecule has 1 fully saturated rings.